The van der Waals surface area contributed by atoms with Crippen LogP contribution in [0.15, 0.2) is 24.3 Å². The van der Waals surface area contributed by atoms with Crippen molar-refractivity contribution < 1.29 is 0 Å². The molecule has 0 spiro atoms. The van der Waals surface area contributed by atoms with Crippen LogP contribution in [0.25, 0.3) is 0 Å². The predicted octanol–water partition coefficient (Wildman–Crippen LogP) is 3.25. The van der Waals surface area contributed by atoms with Gasteiger partial charge in [-0.25, -0.2) is 0 Å². The highest BCUT2D eigenvalue weighted by Crippen LogP contribution is 2.04. The third-order valence-electron chi connectivity index (χ3n) is 1.39. The van der Waals surface area contributed by atoms with Crippen molar-refractivity contribution in [1.29, 1.82) is 0 Å². The number of anilines is 1. The molecule has 0 radical (unpaired) electrons. The zero-order chi connectivity index (χ0) is 9.40. The van der Waals surface area contributed by atoms with Crippen LogP contribution in [0.2, 0.25) is 0 Å². The zero-order valence-electron chi connectivity index (χ0n) is 8.30. The Morgan fingerprint density at radius 1 is 1.00 bits per heavy atom. The average Bonchev–Trinajstić information content (AvgIpc) is 2.07. The van der Waals surface area contributed by atoms with Crippen molar-refractivity contribution in [2.45, 2.75) is 33.6 Å². The normalized spacial score (nSPS) is 8.58. The second kappa shape index (κ2) is 6.71. The monoisotopic (exact) mass is 165 g/mol. The van der Waals surface area contributed by atoms with E-state index < -0.39 is 0 Å². The van der Waals surface area contributed by atoms with Gasteiger partial charge < -0.3 is 5.73 Å². The minimum Gasteiger partial charge on any atom is -0.399 e. The number of rotatable bonds is 1. The molecule has 1 nitrogen and oxygen atoms in total. The lowest BCUT2D eigenvalue weighted by atomic mass is 10.2. The molecular formula is C11H19N. The van der Waals surface area contributed by atoms with E-state index >= 15 is 0 Å². The van der Waals surface area contributed by atoms with Gasteiger partial charge in [-0.3, -0.25) is 0 Å². The van der Waals surface area contributed by atoms with Gasteiger partial charge in [-0.05, 0) is 24.1 Å². The highest BCUT2D eigenvalue weighted by Gasteiger charge is 1.85. The molecule has 1 aromatic rings. The van der Waals surface area contributed by atoms with E-state index in [0.29, 0.717) is 0 Å². The van der Waals surface area contributed by atoms with Gasteiger partial charge in [-0.1, -0.05) is 39.3 Å². The molecule has 1 aromatic carbocycles. The molecule has 0 aliphatic rings. The molecule has 0 aromatic heterocycles. The summed E-state index contributed by atoms with van der Waals surface area (Å²) >= 11 is 0. The lowest BCUT2D eigenvalue weighted by molar-refractivity contribution is 1.09. The lowest BCUT2D eigenvalue weighted by Gasteiger charge is -1.94. The summed E-state index contributed by atoms with van der Waals surface area (Å²) in [6.07, 6.45) is 2.33. The quantitative estimate of drug-likeness (QED) is 0.635. The summed E-state index contributed by atoms with van der Waals surface area (Å²) in [5.41, 5.74) is 7.66. The Hall–Kier alpha value is -0.980. The Balaban J connectivity index is 0.000000354. The molecule has 0 saturated carbocycles. The fourth-order valence-electron chi connectivity index (χ4n) is 0.753. The van der Waals surface area contributed by atoms with Crippen molar-refractivity contribution in [2.75, 3.05) is 5.73 Å². The second-order valence-corrected chi connectivity index (χ2v) is 2.80. The maximum Gasteiger partial charge on any atom is 0.0314 e. The maximum absolute atomic E-state index is 5.48. The molecule has 0 amide bonds. The fourth-order valence-corrected chi connectivity index (χ4v) is 0.753. The van der Waals surface area contributed by atoms with Crippen LogP contribution in [-0.4, -0.2) is 0 Å². The minimum atomic E-state index is 0.840. The molecular weight excluding hydrogens is 146 g/mol. The van der Waals surface area contributed by atoms with Gasteiger partial charge in [-0.2, -0.15) is 0 Å². The molecule has 0 unspecified atom stereocenters. The first-order chi connectivity index (χ1) is 5.74. The molecule has 0 heterocycles. The zero-order valence-corrected chi connectivity index (χ0v) is 8.30. The van der Waals surface area contributed by atoms with Gasteiger partial charge in [0.15, 0.2) is 0 Å². The Kier molecular flexibility index (Phi) is 6.16. The summed E-state index contributed by atoms with van der Waals surface area (Å²) < 4.78 is 0. The average molecular weight is 165 g/mol. The van der Waals surface area contributed by atoms with Crippen LogP contribution in [0.5, 0.6) is 0 Å². The lowest BCUT2D eigenvalue weighted by Crippen LogP contribution is -1.84. The first-order valence-corrected chi connectivity index (χ1v) is 4.58. The smallest absolute Gasteiger partial charge is 0.0314 e. The number of nitrogens with two attached hydrogens (primary N) is 1. The van der Waals surface area contributed by atoms with E-state index in [2.05, 4.69) is 32.9 Å². The molecule has 68 valence electrons. The van der Waals surface area contributed by atoms with Gasteiger partial charge in [-0.15, -0.1) is 0 Å². The summed E-state index contributed by atoms with van der Waals surface area (Å²) in [5, 5.41) is 0. The fraction of sp³-hybridized carbons (Fsp3) is 0.455. The molecule has 0 aliphatic heterocycles. The Labute approximate surface area is 75.6 Å². The van der Waals surface area contributed by atoms with Crippen molar-refractivity contribution >= 4 is 5.69 Å². The summed E-state index contributed by atoms with van der Waals surface area (Å²) in [6, 6.07) is 7.96. The van der Waals surface area contributed by atoms with Gasteiger partial charge in [0, 0.05) is 5.69 Å². The van der Waals surface area contributed by atoms with Crippen molar-refractivity contribution in [3.63, 3.8) is 0 Å². The molecule has 0 atom stereocenters. The molecule has 2 N–H and O–H groups in total. The number of benzene rings is 1. The maximum atomic E-state index is 5.48. The highest BCUT2D eigenvalue weighted by molar-refractivity contribution is 5.39. The summed E-state index contributed by atoms with van der Waals surface area (Å²) in [4.78, 5) is 0. The first-order valence-electron chi connectivity index (χ1n) is 4.58. The number of nitrogen functional groups attached to an aromatic ring is 1. The van der Waals surface area contributed by atoms with Crippen LogP contribution in [0.3, 0.4) is 0 Å². The van der Waals surface area contributed by atoms with E-state index in [-0.39, 0.29) is 0 Å². The first kappa shape index (κ1) is 11.0. The number of hydrogen-bond donors (Lipinski definition) is 1. The Morgan fingerprint density at radius 2 is 1.42 bits per heavy atom. The van der Waals surface area contributed by atoms with Crippen LogP contribution in [0.1, 0.15) is 32.8 Å². The van der Waals surface area contributed by atoms with E-state index in [4.69, 9.17) is 5.73 Å². The van der Waals surface area contributed by atoms with E-state index in [1.165, 1.54) is 12.0 Å². The van der Waals surface area contributed by atoms with Crippen LogP contribution in [-0.2, 0) is 6.42 Å². The van der Waals surface area contributed by atoms with Crippen LogP contribution >= 0.6 is 0 Å². The molecule has 0 aliphatic carbocycles. The minimum absolute atomic E-state index is 0.840. The Morgan fingerprint density at radius 3 is 1.75 bits per heavy atom. The van der Waals surface area contributed by atoms with Gasteiger partial charge in [0.1, 0.15) is 0 Å². The van der Waals surface area contributed by atoms with Crippen molar-refractivity contribution in [1.82, 2.24) is 0 Å². The SMILES string of the molecule is CCC.CCc1ccc(N)cc1. The van der Waals surface area contributed by atoms with Crippen molar-refractivity contribution in [2.24, 2.45) is 0 Å². The second-order valence-electron chi connectivity index (χ2n) is 2.80. The predicted molar refractivity (Wildman–Crippen MR) is 56.2 cm³/mol. The third kappa shape index (κ3) is 4.78. The standard InChI is InChI=1S/C8H11N.C3H8/c1-2-7-3-5-8(9)6-4-7;1-3-2/h3-6H,2,9H2,1H3;3H2,1-2H3. The molecule has 12 heavy (non-hydrogen) atoms. The largest absolute Gasteiger partial charge is 0.399 e. The summed E-state index contributed by atoms with van der Waals surface area (Å²) in [6.45, 7) is 6.38. The molecule has 0 fully saturated rings. The van der Waals surface area contributed by atoms with Crippen molar-refractivity contribution in [3.8, 4) is 0 Å². The van der Waals surface area contributed by atoms with Gasteiger partial charge in [0.2, 0.25) is 0 Å². The molecule has 0 saturated heterocycles. The highest BCUT2D eigenvalue weighted by atomic mass is 14.5. The molecule has 1 rings (SSSR count). The van der Waals surface area contributed by atoms with Crippen LogP contribution < -0.4 is 5.73 Å². The summed E-state index contributed by atoms with van der Waals surface area (Å²) in [5.74, 6) is 0. The molecule has 0 bridgehead atoms. The van der Waals surface area contributed by atoms with E-state index in [0.717, 1.165) is 12.1 Å². The number of aryl methyl sites for hydroxylation is 1. The Bertz CT molecular complexity index is 189. The van der Waals surface area contributed by atoms with Gasteiger partial charge in [0.25, 0.3) is 0 Å². The van der Waals surface area contributed by atoms with Gasteiger partial charge in [0.05, 0.1) is 0 Å². The van der Waals surface area contributed by atoms with Crippen molar-refractivity contribution in [3.05, 3.63) is 29.8 Å². The molecule has 1 heteroatoms. The van der Waals surface area contributed by atoms with E-state index in [1.807, 2.05) is 12.1 Å². The topological polar surface area (TPSA) is 26.0 Å². The van der Waals surface area contributed by atoms with E-state index in [1.54, 1.807) is 0 Å². The van der Waals surface area contributed by atoms with Crippen LogP contribution in [0, 0.1) is 0 Å². The van der Waals surface area contributed by atoms with E-state index in [9.17, 15) is 0 Å². The third-order valence-corrected chi connectivity index (χ3v) is 1.39. The number of hydrogen-bond acceptors (Lipinski definition) is 1. The summed E-state index contributed by atoms with van der Waals surface area (Å²) in [7, 11) is 0. The van der Waals surface area contributed by atoms with Crippen LogP contribution in [0.4, 0.5) is 5.69 Å². The van der Waals surface area contributed by atoms with Gasteiger partial charge >= 0.3 is 0 Å².